The summed E-state index contributed by atoms with van der Waals surface area (Å²) in [7, 11) is 0. The van der Waals surface area contributed by atoms with E-state index in [0.717, 1.165) is 31.6 Å². The summed E-state index contributed by atoms with van der Waals surface area (Å²) in [5.41, 5.74) is 1.67. The summed E-state index contributed by atoms with van der Waals surface area (Å²) in [6, 6.07) is 9.65. The number of benzene rings is 1. The molecule has 1 aromatic carbocycles. The molecule has 1 amide bonds. The number of hydrogen-bond acceptors (Lipinski definition) is 4. The topological polar surface area (TPSA) is 49.3 Å². The molecule has 3 aliphatic heterocycles. The number of fused-ring (bicyclic) bond motifs is 4. The standard InChI is InChI=1S/C23H27FN4O/c24-20-5-3-4-16(10-20)11-22-19-12-18(21-6-1-2-9-28(21)22)14-27(15-19)23(29)17-7-8-25-26-13-17/h3-5,7-8,10,13,18-19,21-22H,1-2,6,9,11-12,14-15H2/t18-,19+,21+,22+/m1/s1. The number of rotatable bonds is 3. The van der Waals surface area contributed by atoms with Crippen molar-refractivity contribution in [3.63, 3.8) is 0 Å². The van der Waals surface area contributed by atoms with E-state index in [0.29, 0.717) is 29.5 Å². The molecule has 29 heavy (non-hydrogen) atoms. The van der Waals surface area contributed by atoms with E-state index in [1.54, 1.807) is 30.6 Å². The summed E-state index contributed by atoms with van der Waals surface area (Å²) >= 11 is 0. The molecular weight excluding hydrogens is 367 g/mol. The number of amides is 1. The third-order valence-electron chi connectivity index (χ3n) is 7.07. The fourth-order valence-corrected chi connectivity index (χ4v) is 5.86. The van der Waals surface area contributed by atoms with Crippen molar-refractivity contribution in [3.8, 4) is 0 Å². The Labute approximate surface area is 170 Å². The van der Waals surface area contributed by atoms with Gasteiger partial charge in [0.15, 0.2) is 0 Å². The van der Waals surface area contributed by atoms with Crippen molar-refractivity contribution >= 4 is 5.91 Å². The van der Waals surface area contributed by atoms with E-state index in [1.807, 2.05) is 11.0 Å². The largest absolute Gasteiger partial charge is 0.338 e. The molecule has 5 nitrogen and oxygen atoms in total. The van der Waals surface area contributed by atoms with E-state index in [-0.39, 0.29) is 11.7 Å². The second kappa shape index (κ2) is 7.82. The quantitative estimate of drug-likeness (QED) is 0.802. The van der Waals surface area contributed by atoms with Crippen LogP contribution in [-0.2, 0) is 6.42 Å². The van der Waals surface area contributed by atoms with Gasteiger partial charge in [0.1, 0.15) is 5.82 Å². The van der Waals surface area contributed by atoms with Gasteiger partial charge in [-0.05, 0) is 67.8 Å². The Morgan fingerprint density at radius 2 is 2.03 bits per heavy atom. The van der Waals surface area contributed by atoms with Gasteiger partial charge < -0.3 is 4.90 Å². The minimum absolute atomic E-state index is 0.0587. The third-order valence-corrected chi connectivity index (χ3v) is 7.07. The minimum atomic E-state index is -0.169. The lowest BCUT2D eigenvalue weighted by Crippen LogP contribution is -2.64. The Morgan fingerprint density at radius 1 is 1.14 bits per heavy atom. The van der Waals surface area contributed by atoms with Crippen LogP contribution in [0, 0.1) is 17.7 Å². The molecule has 3 saturated heterocycles. The molecule has 0 spiro atoms. The van der Waals surface area contributed by atoms with Crippen molar-refractivity contribution in [2.75, 3.05) is 19.6 Å². The van der Waals surface area contributed by atoms with Crippen molar-refractivity contribution in [1.29, 1.82) is 0 Å². The van der Waals surface area contributed by atoms with Crippen LogP contribution >= 0.6 is 0 Å². The van der Waals surface area contributed by atoms with Gasteiger partial charge in [0.2, 0.25) is 0 Å². The minimum Gasteiger partial charge on any atom is -0.338 e. The van der Waals surface area contributed by atoms with E-state index in [9.17, 15) is 9.18 Å². The fourth-order valence-electron chi connectivity index (χ4n) is 5.86. The maximum atomic E-state index is 13.8. The summed E-state index contributed by atoms with van der Waals surface area (Å²) in [5, 5.41) is 7.67. The first-order chi connectivity index (χ1) is 14.2. The summed E-state index contributed by atoms with van der Waals surface area (Å²) < 4.78 is 13.8. The van der Waals surface area contributed by atoms with Crippen LogP contribution in [0.5, 0.6) is 0 Å². The molecule has 0 unspecified atom stereocenters. The van der Waals surface area contributed by atoms with Crippen LogP contribution in [0.25, 0.3) is 0 Å². The molecule has 4 heterocycles. The van der Waals surface area contributed by atoms with E-state index in [1.165, 1.54) is 31.7 Å². The molecule has 0 saturated carbocycles. The van der Waals surface area contributed by atoms with E-state index in [2.05, 4.69) is 15.1 Å². The van der Waals surface area contributed by atoms with Crippen LogP contribution < -0.4 is 0 Å². The number of nitrogens with zero attached hydrogens (tertiary/aromatic N) is 4. The highest BCUT2D eigenvalue weighted by atomic mass is 19.1. The monoisotopic (exact) mass is 394 g/mol. The van der Waals surface area contributed by atoms with Gasteiger partial charge in [-0.3, -0.25) is 9.69 Å². The highest BCUT2D eigenvalue weighted by Crippen LogP contribution is 2.42. The van der Waals surface area contributed by atoms with Crippen molar-refractivity contribution in [1.82, 2.24) is 20.0 Å². The molecule has 5 rings (SSSR count). The number of carbonyl (C=O) groups is 1. The zero-order valence-electron chi connectivity index (χ0n) is 16.6. The molecule has 2 bridgehead atoms. The van der Waals surface area contributed by atoms with Gasteiger partial charge in [-0.1, -0.05) is 18.6 Å². The number of piperidine rings is 3. The van der Waals surface area contributed by atoms with Crippen molar-refractivity contribution in [2.24, 2.45) is 11.8 Å². The Bertz CT molecular complexity index is 876. The predicted molar refractivity (Wildman–Crippen MR) is 108 cm³/mol. The molecule has 3 fully saturated rings. The summed E-state index contributed by atoms with van der Waals surface area (Å²) in [6.07, 6.45) is 8.86. The summed E-state index contributed by atoms with van der Waals surface area (Å²) in [4.78, 5) is 17.8. The van der Waals surface area contributed by atoms with Crippen molar-refractivity contribution in [3.05, 3.63) is 59.7 Å². The van der Waals surface area contributed by atoms with Gasteiger partial charge in [0.25, 0.3) is 5.91 Å². The molecule has 4 atom stereocenters. The van der Waals surface area contributed by atoms with Crippen molar-refractivity contribution < 1.29 is 9.18 Å². The van der Waals surface area contributed by atoms with Crippen molar-refractivity contribution in [2.45, 2.75) is 44.2 Å². The first-order valence-electron chi connectivity index (χ1n) is 10.7. The zero-order chi connectivity index (χ0) is 19.8. The first-order valence-corrected chi connectivity index (χ1v) is 10.7. The van der Waals surface area contributed by atoms with Crippen LogP contribution in [0.15, 0.2) is 42.7 Å². The fraction of sp³-hybridized carbons (Fsp3) is 0.522. The highest BCUT2D eigenvalue weighted by molar-refractivity contribution is 5.93. The molecule has 152 valence electrons. The van der Waals surface area contributed by atoms with Gasteiger partial charge in [-0.15, -0.1) is 0 Å². The summed E-state index contributed by atoms with van der Waals surface area (Å²) in [5.74, 6) is 0.835. The molecule has 6 heteroatoms. The second-order valence-corrected chi connectivity index (χ2v) is 8.80. The zero-order valence-corrected chi connectivity index (χ0v) is 16.6. The maximum absolute atomic E-state index is 13.8. The van der Waals surface area contributed by atoms with Crippen LogP contribution in [0.2, 0.25) is 0 Å². The first kappa shape index (κ1) is 18.7. The van der Waals surface area contributed by atoms with Crippen LogP contribution in [-0.4, -0.2) is 57.6 Å². The van der Waals surface area contributed by atoms with E-state index < -0.39 is 0 Å². The Hall–Kier alpha value is -2.34. The van der Waals surface area contributed by atoms with E-state index >= 15 is 0 Å². The Morgan fingerprint density at radius 3 is 2.86 bits per heavy atom. The van der Waals surface area contributed by atoms with Gasteiger partial charge in [-0.25, -0.2) is 4.39 Å². The lowest BCUT2D eigenvalue weighted by molar-refractivity contribution is -0.0642. The Kier molecular flexibility index (Phi) is 5.04. The van der Waals surface area contributed by atoms with Gasteiger partial charge in [0.05, 0.1) is 18.0 Å². The van der Waals surface area contributed by atoms with Gasteiger partial charge in [0, 0.05) is 25.2 Å². The number of carbonyl (C=O) groups excluding carboxylic acids is 1. The normalized spacial score (nSPS) is 29.3. The highest BCUT2D eigenvalue weighted by Gasteiger charge is 2.47. The second-order valence-electron chi connectivity index (χ2n) is 8.80. The molecule has 3 aliphatic rings. The molecule has 0 radical (unpaired) electrons. The summed E-state index contributed by atoms with van der Waals surface area (Å²) in [6.45, 7) is 2.71. The van der Waals surface area contributed by atoms with Crippen LogP contribution in [0.1, 0.15) is 41.6 Å². The average molecular weight is 394 g/mol. The Balaban J connectivity index is 1.41. The number of likely N-dealkylation sites (tertiary alicyclic amines) is 1. The molecule has 1 aromatic heterocycles. The van der Waals surface area contributed by atoms with Gasteiger partial charge in [-0.2, -0.15) is 10.2 Å². The van der Waals surface area contributed by atoms with Crippen LogP contribution in [0.3, 0.4) is 0 Å². The third kappa shape index (κ3) is 3.66. The van der Waals surface area contributed by atoms with Crippen LogP contribution in [0.4, 0.5) is 4.39 Å². The maximum Gasteiger partial charge on any atom is 0.255 e. The van der Waals surface area contributed by atoms with E-state index in [4.69, 9.17) is 0 Å². The number of aromatic nitrogens is 2. The predicted octanol–water partition coefficient (Wildman–Crippen LogP) is 3.17. The molecular formula is C23H27FN4O. The number of hydrogen-bond donors (Lipinski definition) is 0. The SMILES string of the molecule is O=C(c1ccnnc1)N1C[C@H]2C[C@@H](C1)[C@H](Cc1cccc(F)c1)N1CCCC[C@@H]21. The lowest BCUT2D eigenvalue weighted by atomic mass is 9.71. The molecule has 0 N–H and O–H groups in total. The van der Waals surface area contributed by atoms with Gasteiger partial charge >= 0.3 is 0 Å². The number of halogens is 1. The average Bonchev–Trinajstić information content (AvgIpc) is 2.77. The molecule has 2 aromatic rings. The smallest absolute Gasteiger partial charge is 0.255 e. The molecule has 0 aliphatic carbocycles. The lowest BCUT2D eigenvalue weighted by Gasteiger charge is -2.57.